The second kappa shape index (κ2) is 5.72. The van der Waals surface area contributed by atoms with Gasteiger partial charge in [-0.15, -0.1) is 0 Å². The second-order valence-electron chi connectivity index (χ2n) is 4.64. The minimum absolute atomic E-state index is 0.0675. The molecule has 21 heavy (non-hydrogen) atoms. The SMILES string of the molecule is COc1cccc(F)c1-c1nn(CCS(C)(=O)=O)cc1N. The molecule has 0 fully saturated rings. The van der Waals surface area contributed by atoms with Crippen molar-refractivity contribution in [1.82, 2.24) is 9.78 Å². The molecule has 2 N–H and O–H groups in total. The fourth-order valence-corrected chi connectivity index (χ4v) is 2.43. The summed E-state index contributed by atoms with van der Waals surface area (Å²) in [6, 6.07) is 4.41. The molecule has 0 spiro atoms. The van der Waals surface area contributed by atoms with Crippen molar-refractivity contribution in [2.24, 2.45) is 0 Å². The maximum atomic E-state index is 14.0. The summed E-state index contributed by atoms with van der Waals surface area (Å²) in [6.07, 6.45) is 2.62. The van der Waals surface area contributed by atoms with Crippen molar-refractivity contribution in [3.63, 3.8) is 0 Å². The van der Waals surface area contributed by atoms with Gasteiger partial charge in [-0.2, -0.15) is 5.10 Å². The Labute approximate surface area is 122 Å². The van der Waals surface area contributed by atoms with Crippen molar-refractivity contribution in [2.75, 3.05) is 24.9 Å². The number of benzene rings is 1. The molecule has 0 aliphatic carbocycles. The van der Waals surface area contributed by atoms with Crippen molar-refractivity contribution < 1.29 is 17.5 Å². The highest BCUT2D eigenvalue weighted by Gasteiger charge is 2.18. The van der Waals surface area contributed by atoms with Gasteiger partial charge in [-0.25, -0.2) is 12.8 Å². The molecule has 0 aliphatic rings. The number of hydrogen-bond acceptors (Lipinski definition) is 5. The first-order valence-corrected chi connectivity index (χ1v) is 8.21. The van der Waals surface area contributed by atoms with E-state index in [1.807, 2.05) is 0 Å². The Hall–Kier alpha value is -2.09. The summed E-state index contributed by atoms with van der Waals surface area (Å²) in [5.41, 5.74) is 6.50. The summed E-state index contributed by atoms with van der Waals surface area (Å²) >= 11 is 0. The van der Waals surface area contributed by atoms with E-state index in [2.05, 4.69) is 5.10 Å². The van der Waals surface area contributed by atoms with Crippen molar-refractivity contribution in [3.8, 4) is 17.0 Å². The molecule has 8 heteroatoms. The number of sulfone groups is 1. The van der Waals surface area contributed by atoms with Crippen molar-refractivity contribution in [2.45, 2.75) is 6.54 Å². The number of ether oxygens (including phenoxy) is 1. The summed E-state index contributed by atoms with van der Waals surface area (Å²) in [6.45, 7) is 0.153. The van der Waals surface area contributed by atoms with Gasteiger partial charge in [0.1, 0.15) is 27.1 Å². The average Bonchev–Trinajstić information content (AvgIpc) is 2.76. The highest BCUT2D eigenvalue weighted by Crippen LogP contribution is 2.34. The van der Waals surface area contributed by atoms with Gasteiger partial charge in [0.15, 0.2) is 0 Å². The summed E-state index contributed by atoms with van der Waals surface area (Å²) in [5.74, 6) is -0.258. The Morgan fingerprint density at radius 2 is 2.14 bits per heavy atom. The lowest BCUT2D eigenvalue weighted by Gasteiger charge is -2.07. The molecule has 0 unspecified atom stereocenters. The molecule has 0 saturated heterocycles. The Bertz CT molecular complexity index is 756. The van der Waals surface area contributed by atoms with E-state index in [9.17, 15) is 12.8 Å². The highest BCUT2D eigenvalue weighted by molar-refractivity contribution is 7.90. The van der Waals surface area contributed by atoms with Crippen LogP contribution >= 0.6 is 0 Å². The van der Waals surface area contributed by atoms with Crippen LogP contribution in [0.25, 0.3) is 11.3 Å². The van der Waals surface area contributed by atoms with Gasteiger partial charge < -0.3 is 10.5 Å². The van der Waals surface area contributed by atoms with Crippen molar-refractivity contribution in [1.29, 1.82) is 0 Å². The number of methoxy groups -OCH3 is 1. The number of nitrogens with zero attached hydrogens (tertiary/aromatic N) is 2. The van der Waals surface area contributed by atoms with Crippen molar-refractivity contribution in [3.05, 3.63) is 30.2 Å². The fraction of sp³-hybridized carbons (Fsp3) is 0.308. The molecular weight excluding hydrogens is 297 g/mol. The van der Waals surface area contributed by atoms with Gasteiger partial charge in [-0.1, -0.05) is 6.07 Å². The molecule has 0 atom stereocenters. The predicted molar refractivity (Wildman–Crippen MR) is 78.3 cm³/mol. The van der Waals surface area contributed by atoms with E-state index in [-0.39, 0.29) is 29.2 Å². The Morgan fingerprint density at radius 1 is 1.43 bits per heavy atom. The molecule has 0 bridgehead atoms. The molecule has 0 radical (unpaired) electrons. The van der Waals surface area contributed by atoms with E-state index < -0.39 is 15.7 Å². The van der Waals surface area contributed by atoms with Gasteiger partial charge in [0.25, 0.3) is 0 Å². The lowest BCUT2D eigenvalue weighted by atomic mass is 10.1. The topological polar surface area (TPSA) is 87.2 Å². The minimum atomic E-state index is -3.11. The molecule has 2 rings (SSSR count). The van der Waals surface area contributed by atoms with Gasteiger partial charge in [0, 0.05) is 12.5 Å². The first-order chi connectivity index (χ1) is 9.81. The number of aromatic nitrogens is 2. The van der Waals surface area contributed by atoms with E-state index >= 15 is 0 Å². The molecule has 0 saturated carbocycles. The zero-order chi connectivity index (χ0) is 15.6. The third-order valence-electron chi connectivity index (χ3n) is 2.91. The van der Waals surface area contributed by atoms with Gasteiger partial charge in [-0.05, 0) is 12.1 Å². The number of halogens is 1. The van der Waals surface area contributed by atoms with Crippen LogP contribution in [0, 0.1) is 5.82 Å². The average molecular weight is 313 g/mol. The summed E-state index contributed by atoms with van der Waals surface area (Å²) in [4.78, 5) is 0. The van der Waals surface area contributed by atoms with Gasteiger partial charge in [0.05, 0.1) is 30.7 Å². The zero-order valence-corrected chi connectivity index (χ0v) is 12.5. The number of aryl methyl sites for hydroxylation is 1. The first-order valence-electron chi connectivity index (χ1n) is 6.15. The lowest BCUT2D eigenvalue weighted by Crippen LogP contribution is -2.11. The number of anilines is 1. The van der Waals surface area contributed by atoms with Crippen LogP contribution in [-0.2, 0) is 16.4 Å². The second-order valence-corrected chi connectivity index (χ2v) is 6.90. The smallest absolute Gasteiger partial charge is 0.149 e. The van der Waals surface area contributed by atoms with Gasteiger partial charge in [-0.3, -0.25) is 4.68 Å². The third-order valence-corrected chi connectivity index (χ3v) is 3.84. The molecule has 1 heterocycles. The molecule has 6 nitrogen and oxygen atoms in total. The van der Waals surface area contributed by atoms with Crippen LogP contribution < -0.4 is 10.5 Å². The van der Waals surface area contributed by atoms with E-state index in [1.165, 1.54) is 30.1 Å². The number of nitrogen functional groups attached to an aromatic ring is 1. The molecule has 0 amide bonds. The van der Waals surface area contributed by atoms with Crippen LogP contribution in [0.1, 0.15) is 0 Å². The fourth-order valence-electron chi connectivity index (χ4n) is 1.91. The summed E-state index contributed by atoms with van der Waals surface area (Å²) in [5, 5.41) is 4.16. The molecule has 0 aliphatic heterocycles. The molecular formula is C13H16FN3O3S. The summed E-state index contributed by atoms with van der Waals surface area (Å²) < 4.78 is 42.8. The Balaban J connectivity index is 2.40. The Morgan fingerprint density at radius 3 is 2.76 bits per heavy atom. The number of hydrogen-bond donors (Lipinski definition) is 1. The normalized spacial score (nSPS) is 11.6. The third kappa shape index (κ3) is 3.52. The first kappa shape index (κ1) is 15.3. The quantitative estimate of drug-likeness (QED) is 0.899. The maximum absolute atomic E-state index is 14.0. The molecule has 114 valence electrons. The van der Waals surface area contributed by atoms with E-state index in [0.717, 1.165) is 6.26 Å². The molecule has 2 aromatic rings. The van der Waals surface area contributed by atoms with Crippen LogP contribution in [0.5, 0.6) is 5.75 Å². The predicted octanol–water partition coefficient (Wildman–Crippen LogP) is 1.32. The van der Waals surface area contributed by atoms with Crippen LogP contribution in [0.3, 0.4) is 0 Å². The van der Waals surface area contributed by atoms with E-state index in [4.69, 9.17) is 10.5 Å². The van der Waals surface area contributed by atoms with E-state index in [0.29, 0.717) is 5.75 Å². The Kier molecular flexibility index (Phi) is 4.17. The zero-order valence-electron chi connectivity index (χ0n) is 11.7. The lowest BCUT2D eigenvalue weighted by molar-refractivity contribution is 0.413. The van der Waals surface area contributed by atoms with Crippen LogP contribution in [0.4, 0.5) is 10.1 Å². The van der Waals surface area contributed by atoms with Crippen LogP contribution in [0.15, 0.2) is 24.4 Å². The van der Waals surface area contributed by atoms with Gasteiger partial charge in [0.2, 0.25) is 0 Å². The molecule has 1 aromatic heterocycles. The van der Waals surface area contributed by atoms with Gasteiger partial charge >= 0.3 is 0 Å². The number of rotatable bonds is 5. The maximum Gasteiger partial charge on any atom is 0.149 e. The minimum Gasteiger partial charge on any atom is -0.496 e. The molecule has 1 aromatic carbocycles. The van der Waals surface area contributed by atoms with Crippen molar-refractivity contribution >= 4 is 15.5 Å². The highest BCUT2D eigenvalue weighted by atomic mass is 32.2. The standard InChI is InChI=1S/C13H16FN3O3S/c1-20-11-5-3-4-9(14)12(11)13-10(15)8-17(16-13)6-7-21(2,18)19/h3-5,8H,6-7,15H2,1-2H3. The number of nitrogens with two attached hydrogens (primary N) is 1. The monoisotopic (exact) mass is 313 g/mol. The van der Waals surface area contributed by atoms with E-state index in [1.54, 1.807) is 6.07 Å². The summed E-state index contributed by atoms with van der Waals surface area (Å²) in [7, 11) is -1.69. The largest absolute Gasteiger partial charge is 0.496 e. The van der Waals surface area contributed by atoms with Crippen LogP contribution in [-0.4, -0.2) is 37.3 Å². The van der Waals surface area contributed by atoms with Crippen LogP contribution in [0.2, 0.25) is 0 Å².